The second-order valence-electron chi connectivity index (χ2n) is 20.0. The highest BCUT2D eigenvalue weighted by Gasteiger charge is 2.45. The molecule has 6 aliphatic rings. The number of methoxy groups -OCH3 is 1. The van der Waals surface area contributed by atoms with E-state index in [0.717, 1.165) is 72.5 Å². The highest BCUT2D eigenvalue weighted by atomic mass is 35.5. The lowest BCUT2D eigenvalue weighted by molar-refractivity contribution is -0.148. The Morgan fingerprint density at radius 2 is 1.88 bits per heavy atom. The van der Waals surface area contributed by atoms with Gasteiger partial charge in [0.15, 0.2) is 5.82 Å². The Morgan fingerprint density at radius 1 is 1.14 bits per heavy atom. The van der Waals surface area contributed by atoms with Crippen LogP contribution < -0.4 is 41.3 Å². The third-order valence-electron chi connectivity index (χ3n) is 15.9. The summed E-state index contributed by atoms with van der Waals surface area (Å²) < 4.78 is 63.8. The van der Waals surface area contributed by atoms with E-state index in [0.29, 0.717) is 86.5 Å². The number of nitrogens with one attached hydrogen (secondary N) is 2. The monoisotopic (exact) mass is 1100 g/mol. The van der Waals surface area contributed by atoms with E-state index in [9.17, 15) is 33.2 Å². The summed E-state index contributed by atoms with van der Waals surface area (Å²) >= 11 is 7.69. The number of aromatic nitrogens is 3. The quantitative estimate of drug-likeness (QED) is 0.0657. The molecule has 78 heavy (non-hydrogen) atoms. The van der Waals surface area contributed by atoms with Crippen LogP contribution in [0.15, 0.2) is 59.4 Å². The Balaban J connectivity index is 0.000000201. The van der Waals surface area contributed by atoms with Gasteiger partial charge in [0.2, 0.25) is 6.41 Å². The molecule has 3 atom stereocenters. The standard InChI is InChI=1S/C35H38ClF2N7O3S.C21H18FN3O4/c1-5-22(27-24(18-39)31(40)49-26(27)17-37)28-25(36)16-23-30(29(28)38)41-34(48-19-35-8-6-10-45(35)11-7-9-35)42-32(23)43-12-14-44(15-13-43)33(46)20(2)21(3)47-4;1-2-12-13-5-18-19-11(7-25(18)20(27)14(13)8-29-21(12)28)3-10-4-17(23-9-26)15(22)6-16(10)24-19/h5,16-17,21H,1-2,6-15,19,40H2,3-4H3;3-6,9,12,19,24H,2,7-8H2,1H3,(H,23,26)/b26-17-,27-22+;/t;12-,19?/m.0/s1. The Bertz CT molecular complexity index is 3620. The molecule has 3 saturated heterocycles. The lowest BCUT2D eigenvalue weighted by atomic mass is 9.89. The van der Waals surface area contributed by atoms with Crippen molar-refractivity contribution in [1.82, 2.24) is 24.3 Å². The number of nitrogens with zero attached hydrogens (tertiary/aromatic N) is 7. The van der Waals surface area contributed by atoms with Crippen LogP contribution in [0.5, 0.6) is 6.01 Å². The molecular formula is C56H56ClF3N10O7S. The molecule has 0 aliphatic carbocycles. The SMILES string of the molecule is C=C/C(c1c(Cl)cc2c(N3CCN(C(=O)C(=C)C(C)OC)CC3)nc(OCC34CCCN3CCC4)nc2c1F)=c1/c(C#N)c(N)s/c1=C\F.CC[C@@H]1C(=O)OCc2c1cc1n(c2=O)CC2=Cc3cc(NC=O)c(F)cc3NC21. The van der Waals surface area contributed by atoms with E-state index in [-0.39, 0.29) is 89.3 Å². The van der Waals surface area contributed by atoms with Gasteiger partial charge in [0, 0.05) is 73.0 Å². The average molecular weight is 1110 g/mol. The van der Waals surface area contributed by atoms with E-state index in [1.54, 1.807) is 28.5 Å². The molecular weight excluding hydrogens is 1050 g/mol. The fourth-order valence-electron chi connectivity index (χ4n) is 11.7. The molecule has 0 saturated carbocycles. The number of thiophene rings is 1. The van der Waals surface area contributed by atoms with Crippen molar-refractivity contribution in [2.75, 3.05) is 74.3 Å². The first kappa shape index (κ1) is 53.9. The zero-order valence-corrected chi connectivity index (χ0v) is 44.7. The molecule has 0 spiro atoms. The van der Waals surface area contributed by atoms with Gasteiger partial charge in [-0.2, -0.15) is 15.2 Å². The van der Waals surface area contributed by atoms with Crippen LogP contribution in [-0.2, 0) is 37.0 Å². The van der Waals surface area contributed by atoms with Crippen LogP contribution in [0.4, 0.5) is 35.4 Å². The van der Waals surface area contributed by atoms with E-state index < -0.39 is 23.7 Å². The van der Waals surface area contributed by atoms with Crippen LogP contribution in [0, 0.1) is 23.0 Å². The van der Waals surface area contributed by atoms with Crippen LogP contribution in [0.25, 0.3) is 28.9 Å². The third kappa shape index (κ3) is 9.37. The van der Waals surface area contributed by atoms with Gasteiger partial charge < -0.3 is 44.9 Å². The van der Waals surface area contributed by atoms with Gasteiger partial charge in [0.25, 0.3) is 11.5 Å². The fraction of sp³-hybridized carbons (Fsp3) is 0.375. The number of pyridine rings is 1. The number of fused-ring (bicyclic) bond motifs is 7. The molecule has 9 heterocycles. The van der Waals surface area contributed by atoms with Gasteiger partial charge in [-0.15, -0.1) is 11.3 Å². The summed E-state index contributed by atoms with van der Waals surface area (Å²) in [7, 11) is 1.53. The second-order valence-corrected chi connectivity index (χ2v) is 21.5. The molecule has 0 bridgehead atoms. The summed E-state index contributed by atoms with van der Waals surface area (Å²) in [6, 6.07) is 8.10. The molecule has 3 fully saturated rings. The molecule has 406 valence electrons. The second kappa shape index (κ2) is 21.7. The fourth-order valence-corrected chi connectivity index (χ4v) is 12.9. The van der Waals surface area contributed by atoms with E-state index in [4.69, 9.17) is 36.5 Å². The number of hydrogen-bond donors (Lipinski definition) is 3. The maximum Gasteiger partial charge on any atom is 0.319 e. The van der Waals surface area contributed by atoms with Crippen molar-refractivity contribution >= 4 is 92.3 Å². The number of hydrogen-bond acceptors (Lipinski definition) is 15. The average Bonchev–Trinajstić information content (AvgIpc) is 4.36. The maximum atomic E-state index is 17.0. The number of allylic oxidation sites excluding steroid dienone is 1. The van der Waals surface area contributed by atoms with Crippen LogP contribution in [0.2, 0.25) is 5.02 Å². The van der Waals surface area contributed by atoms with Crippen molar-refractivity contribution < 1.29 is 41.8 Å². The topological polar surface area (TPSA) is 210 Å². The highest BCUT2D eigenvalue weighted by Crippen LogP contribution is 2.44. The third-order valence-corrected chi connectivity index (χ3v) is 17.2. The summed E-state index contributed by atoms with van der Waals surface area (Å²) in [6.45, 7) is 15.7. The number of nitrogen functional groups attached to an aromatic ring is 1. The Morgan fingerprint density at radius 3 is 2.55 bits per heavy atom. The van der Waals surface area contributed by atoms with Gasteiger partial charge >= 0.3 is 12.0 Å². The number of nitriles is 1. The van der Waals surface area contributed by atoms with E-state index in [1.807, 2.05) is 30.0 Å². The minimum atomic E-state index is -0.801. The van der Waals surface area contributed by atoms with Gasteiger partial charge in [-0.05, 0) is 105 Å². The number of rotatable bonds is 12. The van der Waals surface area contributed by atoms with Gasteiger partial charge in [0.1, 0.15) is 47.8 Å². The first-order valence-corrected chi connectivity index (χ1v) is 26.8. The van der Waals surface area contributed by atoms with Crippen LogP contribution >= 0.6 is 22.9 Å². The lowest BCUT2D eigenvalue weighted by Gasteiger charge is -2.36. The molecule has 2 aromatic carbocycles. The first-order valence-electron chi connectivity index (χ1n) is 25.6. The molecule has 2 unspecified atom stereocenters. The number of anilines is 4. The van der Waals surface area contributed by atoms with Crippen molar-refractivity contribution in [1.29, 1.82) is 5.26 Å². The molecule has 3 aromatic heterocycles. The molecule has 6 aliphatic heterocycles. The number of cyclic esters (lactones) is 1. The molecule has 2 amide bonds. The summed E-state index contributed by atoms with van der Waals surface area (Å²) in [4.78, 5) is 64.5. The van der Waals surface area contributed by atoms with E-state index in [2.05, 4.69) is 33.7 Å². The summed E-state index contributed by atoms with van der Waals surface area (Å²) in [5.41, 5.74) is 10.5. The van der Waals surface area contributed by atoms with Crippen molar-refractivity contribution in [3.63, 3.8) is 0 Å². The summed E-state index contributed by atoms with van der Waals surface area (Å²) in [5.74, 6) is -1.89. The number of benzene rings is 2. The summed E-state index contributed by atoms with van der Waals surface area (Å²) in [6.07, 6.45) is 8.29. The predicted molar refractivity (Wildman–Crippen MR) is 292 cm³/mol. The number of halogens is 4. The molecule has 22 heteroatoms. The zero-order valence-electron chi connectivity index (χ0n) is 43.2. The number of amides is 2. The van der Waals surface area contributed by atoms with Crippen LogP contribution in [-0.4, -0.2) is 107 Å². The molecule has 11 rings (SSSR count). The van der Waals surface area contributed by atoms with Crippen molar-refractivity contribution in [3.8, 4) is 12.1 Å². The van der Waals surface area contributed by atoms with E-state index >= 15 is 4.39 Å². The number of nitrogens with two attached hydrogens (primary N) is 1. The molecule has 5 aromatic rings. The van der Waals surface area contributed by atoms with Gasteiger partial charge in [-0.1, -0.05) is 37.8 Å². The first-order chi connectivity index (χ1) is 37.6. The highest BCUT2D eigenvalue weighted by molar-refractivity contribution is 7.14. The molecule has 4 N–H and O–H groups in total. The van der Waals surface area contributed by atoms with Crippen molar-refractivity contribution in [2.24, 2.45) is 0 Å². The Kier molecular flexibility index (Phi) is 15.0. The zero-order chi connectivity index (χ0) is 55.3. The smallest absolute Gasteiger partial charge is 0.319 e. The maximum absolute atomic E-state index is 17.0. The van der Waals surface area contributed by atoms with Gasteiger partial charge in [0.05, 0.1) is 50.0 Å². The van der Waals surface area contributed by atoms with Gasteiger partial charge in [-0.3, -0.25) is 24.1 Å². The minimum Gasteiger partial charge on any atom is -0.461 e. The number of carbonyl (C=O) groups is 3. The number of carbonyl (C=O) groups excluding carboxylic acids is 3. The largest absolute Gasteiger partial charge is 0.461 e. The van der Waals surface area contributed by atoms with Crippen molar-refractivity contribution in [2.45, 2.75) is 82.7 Å². The number of piperazine rings is 1. The van der Waals surface area contributed by atoms with Crippen molar-refractivity contribution in [3.05, 3.63) is 125 Å². The number of esters is 1. The predicted octanol–water partition coefficient (Wildman–Crippen LogP) is 6.95. The normalized spacial score (nSPS) is 19.8. The lowest BCUT2D eigenvalue weighted by Crippen LogP contribution is -2.50. The Labute approximate surface area is 455 Å². The summed E-state index contributed by atoms with van der Waals surface area (Å²) in [5, 5.41) is 16.0. The minimum absolute atomic E-state index is 0.00121. The molecule has 0 radical (unpaired) electrons. The van der Waals surface area contributed by atoms with Gasteiger partial charge in [-0.25, -0.2) is 13.2 Å². The number of ether oxygens (including phenoxy) is 3. The Hall–Kier alpha value is -7.51. The van der Waals surface area contributed by atoms with Crippen LogP contribution in [0.1, 0.15) is 91.4 Å². The van der Waals surface area contributed by atoms with E-state index in [1.165, 1.54) is 19.3 Å². The van der Waals surface area contributed by atoms with Crippen LogP contribution in [0.3, 0.4) is 0 Å². The molecule has 17 nitrogen and oxygen atoms in total.